The largest absolute Gasteiger partial charge is 0.396 e. The fraction of sp³-hybridized carbons (Fsp3) is 0.462. The van der Waals surface area contributed by atoms with Crippen molar-refractivity contribution in [1.82, 2.24) is 5.32 Å². The normalized spacial score (nSPS) is 11.0. The zero-order valence-corrected chi connectivity index (χ0v) is 11.8. The van der Waals surface area contributed by atoms with Gasteiger partial charge in [0.2, 0.25) is 0 Å². The van der Waals surface area contributed by atoms with Gasteiger partial charge in [-0.2, -0.15) is 0 Å². The molecule has 0 aliphatic heterocycles. The summed E-state index contributed by atoms with van der Waals surface area (Å²) in [6.45, 7) is 3.64. The number of nitrogens with one attached hydrogen (secondary N) is 2. The number of benzene rings is 1. The Morgan fingerprint density at radius 2 is 2.10 bits per heavy atom. The Morgan fingerprint density at radius 3 is 2.60 bits per heavy atom. The molecular weight excluding hydrogens is 262 g/mol. The van der Waals surface area contributed by atoms with E-state index in [0.717, 1.165) is 0 Å². The number of nitro benzene ring substituents is 1. The summed E-state index contributed by atoms with van der Waals surface area (Å²) in [4.78, 5) is 22.1. The van der Waals surface area contributed by atoms with Gasteiger partial charge >= 0.3 is 0 Å². The fourth-order valence-corrected chi connectivity index (χ4v) is 1.78. The van der Waals surface area contributed by atoms with Gasteiger partial charge in [0.1, 0.15) is 5.69 Å². The third-order valence-electron chi connectivity index (χ3n) is 2.89. The number of rotatable bonds is 6. The number of anilines is 1. The molecule has 0 aliphatic carbocycles. The molecule has 20 heavy (non-hydrogen) atoms. The van der Waals surface area contributed by atoms with Crippen molar-refractivity contribution in [3.05, 3.63) is 33.9 Å². The first-order valence-electron chi connectivity index (χ1n) is 6.20. The first-order chi connectivity index (χ1) is 9.30. The molecule has 0 aliphatic rings. The van der Waals surface area contributed by atoms with Crippen molar-refractivity contribution in [2.24, 2.45) is 0 Å². The summed E-state index contributed by atoms with van der Waals surface area (Å²) in [5, 5.41) is 25.5. The molecule has 110 valence electrons. The lowest BCUT2D eigenvalue weighted by atomic mass is 10.00. The summed E-state index contributed by atoms with van der Waals surface area (Å²) in [6.07, 6.45) is 0.446. The van der Waals surface area contributed by atoms with E-state index < -0.39 is 10.5 Å². The summed E-state index contributed by atoms with van der Waals surface area (Å²) in [7, 11) is 1.46. The van der Waals surface area contributed by atoms with Gasteiger partial charge in [-0.05, 0) is 32.4 Å². The number of hydrogen-bond acceptors (Lipinski definition) is 5. The van der Waals surface area contributed by atoms with Crippen LogP contribution in [0.25, 0.3) is 0 Å². The van der Waals surface area contributed by atoms with E-state index in [0.29, 0.717) is 12.1 Å². The summed E-state index contributed by atoms with van der Waals surface area (Å²) < 4.78 is 0. The Kier molecular flexibility index (Phi) is 5.04. The van der Waals surface area contributed by atoms with Crippen LogP contribution in [-0.4, -0.2) is 35.1 Å². The van der Waals surface area contributed by atoms with E-state index in [9.17, 15) is 14.9 Å². The van der Waals surface area contributed by atoms with Crippen molar-refractivity contribution in [2.75, 3.05) is 19.0 Å². The molecule has 0 spiro atoms. The fourth-order valence-electron chi connectivity index (χ4n) is 1.78. The number of aliphatic hydroxyl groups excluding tert-OH is 1. The SMILES string of the molecule is CNC(=O)c1ccc(NC(C)(C)CCO)c([N+](=O)[O-])c1. The predicted octanol–water partition coefficient (Wildman–Crippen LogP) is 1.53. The van der Waals surface area contributed by atoms with E-state index in [1.54, 1.807) is 0 Å². The van der Waals surface area contributed by atoms with Crippen LogP contribution in [0.1, 0.15) is 30.6 Å². The van der Waals surface area contributed by atoms with E-state index >= 15 is 0 Å². The molecule has 0 atom stereocenters. The average molecular weight is 281 g/mol. The van der Waals surface area contributed by atoms with Crippen LogP contribution in [-0.2, 0) is 0 Å². The van der Waals surface area contributed by atoms with Gasteiger partial charge < -0.3 is 15.7 Å². The molecule has 0 radical (unpaired) electrons. The van der Waals surface area contributed by atoms with Crippen LogP contribution in [0, 0.1) is 10.1 Å². The van der Waals surface area contributed by atoms with Crippen LogP contribution in [0.5, 0.6) is 0 Å². The molecule has 0 heterocycles. The highest BCUT2D eigenvalue weighted by atomic mass is 16.6. The molecule has 0 bridgehead atoms. The lowest BCUT2D eigenvalue weighted by Crippen LogP contribution is -2.32. The van der Waals surface area contributed by atoms with Gasteiger partial charge in [-0.25, -0.2) is 0 Å². The van der Waals surface area contributed by atoms with E-state index in [1.807, 2.05) is 13.8 Å². The number of hydrogen-bond donors (Lipinski definition) is 3. The maximum absolute atomic E-state index is 11.5. The Bertz CT molecular complexity index is 514. The van der Waals surface area contributed by atoms with E-state index in [1.165, 1.54) is 25.2 Å². The van der Waals surface area contributed by atoms with Crippen molar-refractivity contribution in [3.8, 4) is 0 Å². The van der Waals surface area contributed by atoms with Crippen LogP contribution in [0.3, 0.4) is 0 Å². The molecule has 0 aromatic heterocycles. The molecule has 1 amide bonds. The standard InChI is InChI=1S/C13H19N3O4/c1-13(2,6-7-17)15-10-5-4-9(12(18)14-3)8-11(10)16(19)20/h4-5,8,15,17H,6-7H2,1-3H3,(H,14,18). The minimum atomic E-state index is -0.538. The van der Waals surface area contributed by atoms with Crippen molar-refractivity contribution >= 4 is 17.3 Å². The number of carbonyl (C=O) groups excluding carboxylic acids is 1. The highest BCUT2D eigenvalue weighted by molar-refractivity contribution is 5.95. The Balaban J connectivity index is 3.14. The second-order valence-corrected chi connectivity index (χ2v) is 5.05. The van der Waals surface area contributed by atoms with Gasteiger partial charge in [-0.1, -0.05) is 0 Å². The highest BCUT2D eigenvalue weighted by Gasteiger charge is 2.23. The summed E-state index contributed by atoms with van der Waals surface area (Å²) in [5.41, 5.74) is -0.114. The van der Waals surface area contributed by atoms with E-state index in [-0.39, 0.29) is 23.8 Å². The van der Waals surface area contributed by atoms with Gasteiger partial charge in [0.15, 0.2) is 0 Å². The third kappa shape index (κ3) is 3.92. The smallest absolute Gasteiger partial charge is 0.293 e. The molecule has 7 nitrogen and oxygen atoms in total. The minimum absolute atomic E-state index is 0.0237. The molecule has 3 N–H and O–H groups in total. The van der Waals surface area contributed by atoms with Gasteiger partial charge in [0, 0.05) is 30.8 Å². The Labute approximate surface area is 117 Å². The number of aliphatic hydroxyl groups is 1. The Hall–Kier alpha value is -2.15. The molecule has 7 heteroatoms. The average Bonchev–Trinajstić information content (AvgIpc) is 2.37. The number of carbonyl (C=O) groups is 1. The van der Waals surface area contributed by atoms with Gasteiger partial charge in [0.25, 0.3) is 11.6 Å². The molecular formula is C13H19N3O4. The zero-order valence-electron chi connectivity index (χ0n) is 11.8. The van der Waals surface area contributed by atoms with Crippen molar-refractivity contribution in [3.63, 3.8) is 0 Å². The summed E-state index contributed by atoms with van der Waals surface area (Å²) >= 11 is 0. The summed E-state index contributed by atoms with van der Waals surface area (Å²) in [6, 6.07) is 4.25. The van der Waals surface area contributed by atoms with Gasteiger partial charge in [-0.15, -0.1) is 0 Å². The first kappa shape index (κ1) is 15.9. The molecule has 0 saturated heterocycles. The van der Waals surface area contributed by atoms with Gasteiger partial charge in [-0.3, -0.25) is 14.9 Å². The lowest BCUT2D eigenvalue weighted by molar-refractivity contribution is -0.384. The van der Waals surface area contributed by atoms with Crippen molar-refractivity contribution in [1.29, 1.82) is 0 Å². The predicted molar refractivity (Wildman–Crippen MR) is 75.9 cm³/mol. The molecule has 0 saturated carbocycles. The number of amides is 1. The molecule has 1 rings (SSSR count). The first-order valence-corrected chi connectivity index (χ1v) is 6.20. The number of nitrogens with zero attached hydrogens (tertiary/aromatic N) is 1. The lowest BCUT2D eigenvalue weighted by Gasteiger charge is -2.26. The maximum atomic E-state index is 11.5. The van der Waals surface area contributed by atoms with Crippen molar-refractivity contribution in [2.45, 2.75) is 25.8 Å². The third-order valence-corrected chi connectivity index (χ3v) is 2.89. The molecule has 0 fully saturated rings. The molecule has 1 aromatic carbocycles. The monoisotopic (exact) mass is 281 g/mol. The number of nitro groups is 1. The minimum Gasteiger partial charge on any atom is -0.396 e. The van der Waals surface area contributed by atoms with Crippen LogP contribution in [0.4, 0.5) is 11.4 Å². The van der Waals surface area contributed by atoms with Crippen LogP contribution >= 0.6 is 0 Å². The maximum Gasteiger partial charge on any atom is 0.293 e. The second kappa shape index (κ2) is 6.33. The van der Waals surface area contributed by atoms with Gasteiger partial charge in [0.05, 0.1) is 4.92 Å². The van der Waals surface area contributed by atoms with Crippen LogP contribution < -0.4 is 10.6 Å². The Morgan fingerprint density at radius 1 is 1.45 bits per heavy atom. The quantitative estimate of drug-likeness (QED) is 0.541. The topological polar surface area (TPSA) is 104 Å². The van der Waals surface area contributed by atoms with Crippen molar-refractivity contribution < 1.29 is 14.8 Å². The molecule has 1 aromatic rings. The molecule has 0 unspecified atom stereocenters. The zero-order chi connectivity index (χ0) is 15.3. The van der Waals surface area contributed by atoms with Crippen LogP contribution in [0.15, 0.2) is 18.2 Å². The second-order valence-electron chi connectivity index (χ2n) is 5.05. The summed E-state index contributed by atoms with van der Waals surface area (Å²) in [5.74, 6) is -0.380. The highest BCUT2D eigenvalue weighted by Crippen LogP contribution is 2.29. The van der Waals surface area contributed by atoms with E-state index in [2.05, 4.69) is 10.6 Å². The van der Waals surface area contributed by atoms with E-state index in [4.69, 9.17) is 5.11 Å². The van der Waals surface area contributed by atoms with Crippen LogP contribution in [0.2, 0.25) is 0 Å².